The Morgan fingerprint density at radius 3 is 2.78 bits per heavy atom. The lowest BCUT2D eigenvalue weighted by molar-refractivity contribution is -0.118. The van der Waals surface area contributed by atoms with Gasteiger partial charge in [0.25, 0.3) is 0 Å². The molecule has 1 aromatic carbocycles. The standard InChI is InChI=1S/C15H21N5OS2/c1-16-14-18-19-15(23-14)22-11-13(21)17-9-6-10-20(2)12-7-4-3-5-8-12/h3-5,7-8H,6,9-11H2,1-2H3,(H,16,18)(H,17,21). The van der Waals surface area contributed by atoms with Crippen LogP contribution in [0.2, 0.25) is 0 Å². The number of thioether (sulfide) groups is 1. The lowest BCUT2D eigenvalue weighted by Gasteiger charge is -2.19. The van der Waals surface area contributed by atoms with Crippen molar-refractivity contribution < 1.29 is 4.79 Å². The molecular weight excluding hydrogens is 330 g/mol. The highest BCUT2D eigenvalue weighted by atomic mass is 32.2. The first-order chi connectivity index (χ1) is 11.2. The van der Waals surface area contributed by atoms with Crippen LogP contribution in [0.5, 0.6) is 0 Å². The molecule has 0 radical (unpaired) electrons. The second-order valence-electron chi connectivity index (χ2n) is 4.87. The Kier molecular flexibility index (Phi) is 7.15. The fraction of sp³-hybridized carbons (Fsp3) is 0.400. The van der Waals surface area contributed by atoms with Gasteiger partial charge in [0, 0.05) is 32.9 Å². The zero-order chi connectivity index (χ0) is 16.5. The van der Waals surface area contributed by atoms with Crippen LogP contribution in [0.25, 0.3) is 0 Å². The van der Waals surface area contributed by atoms with Crippen LogP contribution in [0.4, 0.5) is 10.8 Å². The first kappa shape index (κ1) is 17.6. The average molecular weight is 352 g/mol. The Hall–Kier alpha value is -1.80. The molecule has 8 heteroatoms. The molecule has 1 heterocycles. The summed E-state index contributed by atoms with van der Waals surface area (Å²) in [5.41, 5.74) is 1.19. The third kappa shape index (κ3) is 6.07. The van der Waals surface area contributed by atoms with Gasteiger partial charge in [0.1, 0.15) is 0 Å². The molecule has 1 aromatic heterocycles. The Labute approximate surface area is 144 Å². The summed E-state index contributed by atoms with van der Waals surface area (Å²) < 4.78 is 0.799. The molecule has 124 valence electrons. The van der Waals surface area contributed by atoms with Gasteiger partial charge in [-0.2, -0.15) is 0 Å². The van der Waals surface area contributed by atoms with Crippen molar-refractivity contribution in [3.05, 3.63) is 30.3 Å². The smallest absolute Gasteiger partial charge is 0.230 e. The molecule has 2 rings (SSSR count). The highest BCUT2D eigenvalue weighted by molar-refractivity contribution is 8.01. The lowest BCUT2D eigenvalue weighted by atomic mass is 10.3. The van der Waals surface area contributed by atoms with Crippen molar-refractivity contribution >= 4 is 39.8 Å². The number of hydrogen-bond donors (Lipinski definition) is 2. The van der Waals surface area contributed by atoms with Crippen LogP contribution in [-0.2, 0) is 4.79 Å². The highest BCUT2D eigenvalue weighted by Crippen LogP contribution is 2.24. The summed E-state index contributed by atoms with van der Waals surface area (Å²) in [6.07, 6.45) is 0.907. The molecule has 0 bridgehead atoms. The van der Waals surface area contributed by atoms with Gasteiger partial charge in [0.05, 0.1) is 5.75 Å². The molecule has 0 aliphatic heterocycles. The SMILES string of the molecule is CNc1nnc(SCC(=O)NCCCN(C)c2ccccc2)s1. The van der Waals surface area contributed by atoms with Crippen LogP contribution in [0.1, 0.15) is 6.42 Å². The Morgan fingerprint density at radius 2 is 2.09 bits per heavy atom. The fourth-order valence-electron chi connectivity index (χ4n) is 1.90. The van der Waals surface area contributed by atoms with Gasteiger partial charge in [-0.1, -0.05) is 41.3 Å². The summed E-state index contributed by atoms with van der Waals surface area (Å²) in [4.78, 5) is 14.0. The fourth-order valence-corrected chi connectivity index (χ4v) is 3.44. The van der Waals surface area contributed by atoms with Crippen LogP contribution in [0, 0.1) is 0 Å². The summed E-state index contributed by atoms with van der Waals surface area (Å²) in [6.45, 7) is 1.58. The summed E-state index contributed by atoms with van der Waals surface area (Å²) in [5, 5.41) is 14.6. The van der Waals surface area contributed by atoms with Crippen LogP contribution in [-0.4, -0.2) is 49.0 Å². The molecule has 0 fully saturated rings. The summed E-state index contributed by atoms with van der Waals surface area (Å²) in [7, 11) is 3.86. The molecule has 23 heavy (non-hydrogen) atoms. The van der Waals surface area contributed by atoms with Gasteiger partial charge in [0.2, 0.25) is 11.0 Å². The topological polar surface area (TPSA) is 70.1 Å². The van der Waals surface area contributed by atoms with Crippen molar-refractivity contribution in [3.8, 4) is 0 Å². The predicted octanol–water partition coefficient (Wildman–Crippen LogP) is 2.31. The van der Waals surface area contributed by atoms with E-state index in [9.17, 15) is 4.79 Å². The zero-order valence-electron chi connectivity index (χ0n) is 13.3. The number of para-hydroxylation sites is 1. The summed E-state index contributed by atoms with van der Waals surface area (Å²) in [6, 6.07) is 10.2. The molecule has 0 atom stereocenters. The minimum absolute atomic E-state index is 0.0265. The van der Waals surface area contributed by atoms with Crippen LogP contribution in [0.15, 0.2) is 34.7 Å². The van der Waals surface area contributed by atoms with E-state index in [1.165, 1.54) is 28.8 Å². The van der Waals surface area contributed by atoms with Crippen molar-refractivity contribution in [2.45, 2.75) is 10.8 Å². The lowest BCUT2D eigenvalue weighted by Crippen LogP contribution is -2.29. The number of rotatable bonds is 9. The van der Waals surface area contributed by atoms with Crippen LogP contribution >= 0.6 is 23.1 Å². The maximum absolute atomic E-state index is 11.8. The number of anilines is 2. The third-order valence-corrected chi connectivity index (χ3v) is 5.21. The normalized spacial score (nSPS) is 10.3. The molecule has 2 aromatic rings. The number of nitrogens with zero attached hydrogens (tertiary/aromatic N) is 3. The molecule has 2 N–H and O–H groups in total. The first-order valence-electron chi connectivity index (χ1n) is 7.36. The van der Waals surface area contributed by atoms with E-state index in [2.05, 4.69) is 44.9 Å². The maximum Gasteiger partial charge on any atom is 0.230 e. The van der Waals surface area contributed by atoms with E-state index in [0.717, 1.165) is 22.4 Å². The van der Waals surface area contributed by atoms with Crippen LogP contribution < -0.4 is 15.5 Å². The van der Waals surface area contributed by atoms with E-state index in [1.54, 1.807) is 7.05 Å². The second-order valence-corrected chi connectivity index (χ2v) is 7.07. The van der Waals surface area contributed by atoms with E-state index < -0.39 is 0 Å². The molecule has 6 nitrogen and oxygen atoms in total. The first-order valence-corrected chi connectivity index (χ1v) is 9.16. The van der Waals surface area contributed by atoms with Crippen molar-refractivity contribution in [1.82, 2.24) is 15.5 Å². The van der Waals surface area contributed by atoms with Crippen molar-refractivity contribution in [2.75, 3.05) is 43.2 Å². The number of aromatic nitrogens is 2. The Bertz CT molecular complexity index is 605. The number of carbonyl (C=O) groups is 1. The Balaban J connectivity index is 1.59. The van der Waals surface area contributed by atoms with Crippen LogP contribution in [0.3, 0.4) is 0 Å². The largest absolute Gasteiger partial charge is 0.375 e. The second kappa shape index (κ2) is 9.36. The van der Waals surface area contributed by atoms with Gasteiger partial charge in [-0.3, -0.25) is 4.79 Å². The predicted molar refractivity (Wildman–Crippen MR) is 97.5 cm³/mol. The summed E-state index contributed by atoms with van der Waals surface area (Å²) >= 11 is 2.86. The molecule has 0 aliphatic carbocycles. The third-order valence-electron chi connectivity index (χ3n) is 3.14. The molecule has 1 amide bonds. The van der Waals surface area contributed by atoms with Gasteiger partial charge in [-0.05, 0) is 18.6 Å². The van der Waals surface area contributed by atoms with Gasteiger partial charge in [-0.15, -0.1) is 10.2 Å². The molecular formula is C15H21N5OS2. The molecule has 0 unspecified atom stereocenters. The van der Waals surface area contributed by atoms with Gasteiger partial charge in [0.15, 0.2) is 4.34 Å². The van der Waals surface area contributed by atoms with Gasteiger partial charge in [-0.25, -0.2) is 0 Å². The van der Waals surface area contributed by atoms with Crippen molar-refractivity contribution in [2.24, 2.45) is 0 Å². The number of hydrogen-bond acceptors (Lipinski definition) is 7. The average Bonchev–Trinajstić information content (AvgIpc) is 3.05. The van der Waals surface area contributed by atoms with E-state index in [-0.39, 0.29) is 5.91 Å². The molecule has 0 saturated heterocycles. The monoisotopic (exact) mass is 351 g/mol. The molecule has 0 saturated carbocycles. The number of nitrogens with one attached hydrogen (secondary N) is 2. The van der Waals surface area contributed by atoms with E-state index in [4.69, 9.17) is 0 Å². The quantitative estimate of drug-likeness (QED) is 0.534. The minimum atomic E-state index is 0.0265. The van der Waals surface area contributed by atoms with Crippen molar-refractivity contribution in [3.63, 3.8) is 0 Å². The van der Waals surface area contributed by atoms with E-state index in [1.807, 2.05) is 18.2 Å². The van der Waals surface area contributed by atoms with E-state index >= 15 is 0 Å². The van der Waals surface area contributed by atoms with Gasteiger partial charge >= 0.3 is 0 Å². The number of benzene rings is 1. The maximum atomic E-state index is 11.8. The van der Waals surface area contributed by atoms with E-state index in [0.29, 0.717) is 12.3 Å². The highest BCUT2D eigenvalue weighted by Gasteiger charge is 2.07. The molecule has 0 spiro atoms. The number of carbonyl (C=O) groups excluding carboxylic acids is 1. The van der Waals surface area contributed by atoms with Gasteiger partial charge < -0.3 is 15.5 Å². The van der Waals surface area contributed by atoms with Crippen molar-refractivity contribution in [1.29, 1.82) is 0 Å². The number of amides is 1. The Morgan fingerprint density at radius 1 is 1.30 bits per heavy atom. The molecule has 0 aliphatic rings. The summed E-state index contributed by atoms with van der Waals surface area (Å²) in [5.74, 6) is 0.394. The minimum Gasteiger partial charge on any atom is -0.375 e. The zero-order valence-corrected chi connectivity index (χ0v) is 14.9.